The molecule has 5 nitrogen and oxygen atoms in total. The van der Waals surface area contributed by atoms with E-state index in [1.165, 1.54) is 0 Å². The summed E-state index contributed by atoms with van der Waals surface area (Å²) in [7, 11) is 0. The number of anilines is 3. The third kappa shape index (κ3) is 4.03. The minimum Gasteiger partial charge on any atom is -0.354 e. The van der Waals surface area contributed by atoms with Crippen molar-refractivity contribution in [3.63, 3.8) is 0 Å². The van der Waals surface area contributed by atoms with E-state index in [1.807, 2.05) is 60.7 Å². The molecule has 0 saturated carbocycles. The summed E-state index contributed by atoms with van der Waals surface area (Å²) >= 11 is 0. The van der Waals surface area contributed by atoms with Crippen LogP contribution in [-0.2, 0) is 0 Å². The monoisotopic (exact) mass is 305 g/mol. The van der Waals surface area contributed by atoms with Gasteiger partial charge in [0.25, 0.3) is 0 Å². The minimum atomic E-state index is 0.531. The molecule has 0 saturated heterocycles. The Morgan fingerprint density at radius 2 is 1.43 bits per heavy atom. The summed E-state index contributed by atoms with van der Waals surface area (Å²) in [5, 5.41) is 6.46. The molecule has 3 rings (SSSR count). The first-order chi connectivity index (χ1) is 11.3. The van der Waals surface area contributed by atoms with Crippen molar-refractivity contribution in [1.29, 1.82) is 0 Å². The fourth-order valence-corrected chi connectivity index (χ4v) is 2.11. The number of nitrogens with one attached hydrogen (secondary N) is 2. The average molecular weight is 305 g/mol. The SMILES string of the molecule is CCCNc1nc(Nc2ccccc2)nc(-c2ccccc2)n1. The fraction of sp³-hybridized carbons (Fsp3) is 0.167. The molecular formula is C18H19N5. The standard InChI is InChI=1S/C18H19N5/c1-2-13-19-17-21-16(14-9-5-3-6-10-14)22-18(23-17)20-15-11-7-4-8-12-15/h3-12H,2,13H2,1H3,(H2,19,20,21,22,23). The molecule has 0 aliphatic carbocycles. The Hall–Kier alpha value is -2.95. The molecule has 0 aliphatic rings. The first-order valence-corrected chi connectivity index (χ1v) is 7.72. The number of nitrogens with zero attached hydrogens (tertiary/aromatic N) is 3. The third-order valence-electron chi connectivity index (χ3n) is 3.23. The molecule has 23 heavy (non-hydrogen) atoms. The number of rotatable bonds is 6. The van der Waals surface area contributed by atoms with E-state index in [9.17, 15) is 0 Å². The van der Waals surface area contributed by atoms with Gasteiger partial charge in [-0.05, 0) is 18.6 Å². The summed E-state index contributed by atoms with van der Waals surface area (Å²) < 4.78 is 0. The van der Waals surface area contributed by atoms with Crippen LogP contribution < -0.4 is 10.6 Å². The summed E-state index contributed by atoms with van der Waals surface area (Å²) in [4.78, 5) is 13.5. The van der Waals surface area contributed by atoms with Gasteiger partial charge in [0.05, 0.1) is 0 Å². The van der Waals surface area contributed by atoms with Crippen LogP contribution in [0.25, 0.3) is 11.4 Å². The number of para-hydroxylation sites is 1. The lowest BCUT2D eigenvalue weighted by Crippen LogP contribution is -2.08. The molecule has 3 aromatic rings. The van der Waals surface area contributed by atoms with Gasteiger partial charge in [0.1, 0.15) is 0 Å². The van der Waals surface area contributed by atoms with Crippen molar-refractivity contribution in [1.82, 2.24) is 15.0 Å². The van der Waals surface area contributed by atoms with Crippen molar-refractivity contribution >= 4 is 17.6 Å². The van der Waals surface area contributed by atoms with Crippen LogP contribution in [0.3, 0.4) is 0 Å². The number of aromatic nitrogens is 3. The van der Waals surface area contributed by atoms with Gasteiger partial charge >= 0.3 is 0 Å². The summed E-state index contributed by atoms with van der Waals surface area (Å²) in [6.07, 6.45) is 1.01. The molecule has 0 spiro atoms. The Labute approximate surface area is 135 Å². The highest BCUT2D eigenvalue weighted by Gasteiger charge is 2.08. The number of hydrogen-bond acceptors (Lipinski definition) is 5. The van der Waals surface area contributed by atoms with Gasteiger partial charge in [0.2, 0.25) is 11.9 Å². The van der Waals surface area contributed by atoms with Gasteiger partial charge in [-0.25, -0.2) is 0 Å². The minimum absolute atomic E-state index is 0.531. The van der Waals surface area contributed by atoms with Gasteiger partial charge in [-0.3, -0.25) is 0 Å². The summed E-state index contributed by atoms with van der Waals surface area (Å²) in [6.45, 7) is 2.93. The molecule has 0 bridgehead atoms. The van der Waals surface area contributed by atoms with Crippen LogP contribution >= 0.6 is 0 Å². The van der Waals surface area contributed by atoms with E-state index in [2.05, 4.69) is 32.5 Å². The molecule has 0 fully saturated rings. The predicted molar refractivity (Wildman–Crippen MR) is 93.8 cm³/mol. The van der Waals surface area contributed by atoms with Gasteiger partial charge in [0, 0.05) is 17.8 Å². The lowest BCUT2D eigenvalue weighted by atomic mass is 10.2. The number of hydrogen-bond donors (Lipinski definition) is 2. The zero-order chi connectivity index (χ0) is 15.9. The molecule has 2 N–H and O–H groups in total. The van der Waals surface area contributed by atoms with Crippen LogP contribution in [0, 0.1) is 0 Å². The Morgan fingerprint density at radius 3 is 2.13 bits per heavy atom. The fourth-order valence-electron chi connectivity index (χ4n) is 2.11. The smallest absolute Gasteiger partial charge is 0.232 e. The Morgan fingerprint density at radius 1 is 0.783 bits per heavy atom. The predicted octanol–water partition coefficient (Wildman–Crippen LogP) is 4.10. The Balaban J connectivity index is 1.94. The molecule has 0 unspecified atom stereocenters. The molecule has 0 amide bonds. The van der Waals surface area contributed by atoms with Crippen molar-refractivity contribution in [2.45, 2.75) is 13.3 Å². The van der Waals surface area contributed by atoms with Crippen LogP contribution in [0.1, 0.15) is 13.3 Å². The van der Waals surface area contributed by atoms with E-state index in [0.717, 1.165) is 24.2 Å². The van der Waals surface area contributed by atoms with Crippen LogP contribution in [0.5, 0.6) is 0 Å². The van der Waals surface area contributed by atoms with Crippen molar-refractivity contribution < 1.29 is 0 Å². The Kier molecular flexibility index (Phi) is 4.79. The molecule has 5 heteroatoms. The second-order valence-corrected chi connectivity index (χ2v) is 5.09. The van der Waals surface area contributed by atoms with E-state index in [-0.39, 0.29) is 0 Å². The maximum absolute atomic E-state index is 4.53. The molecule has 0 radical (unpaired) electrons. The maximum Gasteiger partial charge on any atom is 0.232 e. The lowest BCUT2D eigenvalue weighted by molar-refractivity contribution is 0.943. The molecule has 116 valence electrons. The van der Waals surface area contributed by atoms with E-state index in [1.54, 1.807) is 0 Å². The van der Waals surface area contributed by atoms with Gasteiger partial charge in [-0.1, -0.05) is 55.5 Å². The topological polar surface area (TPSA) is 62.7 Å². The molecule has 2 aromatic carbocycles. The van der Waals surface area contributed by atoms with Crippen LogP contribution in [-0.4, -0.2) is 21.5 Å². The van der Waals surface area contributed by atoms with Gasteiger partial charge in [-0.2, -0.15) is 15.0 Å². The van der Waals surface area contributed by atoms with E-state index < -0.39 is 0 Å². The highest BCUT2D eigenvalue weighted by atomic mass is 15.2. The molecule has 1 heterocycles. The maximum atomic E-state index is 4.53. The lowest BCUT2D eigenvalue weighted by Gasteiger charge is -2.10. The summed E-state index contributed by atoms with van der Waals surface area (Å²) in [5.41, 5.74) is 1.91. The number of benzene rings is 2. The van der Waals surface area contributed by atoms with Gasteiger partial charge in [-0.15, -0.1) is 0 Å². The largest absolute Gasteiger partial charge is 0.354 e. The van der Waals surface area contributed by atoms with Crippen molar-refractivity contribution in [2.75, 3.05) is 17.2 Å². The van der Waals surface area contributed by atoms with Crippen molar-refractivity contribution in [2.24, 2.45) is 0 Å². The molecule has 1 aromatic heterocycles. The first-order valence-electron chi connectivity index (χ1n) is 7.72. The van der Waals surface area contributed by atoms with Gasteiger partial charge in [0.15, 0.2) is 5.82 Å². The van der Waals surface area contributed by atoms with Crippen molar-refractivity contribution in [3.8, 4) is 11.4 Å². The molecule has 0 aliphatic heterocycles. The highest BCUT2D eigenvalue weighted by molar-refractivity contribution is 5.60. The van der Waals surface area contributed by atoms with E-state index in [0.29, 0.717) is 17.7 Å². The molecule has 0 atom stereocenters. The van der Waals surface area contributed by atoms with Crippen LogP contribution in [0.15, 0.2) is 60.7 Å². The van der Waals surface area contributed by atoms with Crippen LogP contribution in [0.2, 0.25) is 0 Å². The second kappa shape index (κ2) is 7.35. The second-order valence-electron chi connectivity index (χ2n) is 5.09. The summed E-state index contributed by atoms with van der Waals surface area (Å²) in [5.74, 6) is 1.76. The molecular weight excluding hydrogens is 286 g/mol. The Bertz CT molecular complexity index is 744. The zero-order valence-electron chi connectivity index (χ0n) is 13.0. The first kappa shape index (κ1) is 15.0. The van der Waals surface area contributed by atoms with Crippen LogP contribution in [0.4, 0.5) is 17.6 Å². The third-order valence-corrected chi connectivity index (χ3v) is 3.23. The normalized spacial score (nSPS) is 10.3. The quantitative estimate of drug-likeness (QED) is 0.717. The highest BCUT2D eigenvalue weighted by Crippen LogP contribution is 2.19. The van der Waals surface area contributed by atoms with Crippen molar-refractivity contribution in [3.05, 3.63) is 60.7 Å². The van der Waals surface area contributed by atoms with Gasteiger partial charge < -0.3 is 10.6 Å². The zero-order valence-corrected chi connectivity index (χ0v) is 13.0. The summed E-state index contributed by atoms with van der Waals surface area (Å²) in [6, 6.07) is 19.8. The van der Waals surface area contributed by atoms with E-state index >= 15 is 0 Å². The van der Waals surface area contributed by atoms with E-state index in [4.69, 9.17) is 0 Å². The average Bonchev–Trinajstić information content (AvgIpc) is 2.61.